The first-order valence-corrected chi connectivity index (χ1v) is 10.2. The smallest absolute Gasteiger partial charge is 0.194 e. The largest absolute Gasteiger partial charge is 0.370 e. The van der Waals surface area contributed by atoms with Crippen LogP contribution in [-0.4, -0.2) is 52.1 Å². The topological polar surface area (TPSA) is 67.6 Å². The number of hydrogen-bond donors (Lipinski definition) is 1. The molecule has 0 bridgehead atoms. The molecule has 1 atom stereocenters. The standard InChI is InChI=1S/C23H28N6O.HI/c1-17-4-5-20(18(2)12-17)21-15-28(10-11-30-21)23(24-3)27-14-19-6-7-26-22(13-19)29-9-8-25-16-29;/h4-9,12-13,16,21H,10-11,14-15H2,1-3H3,(H,24,27);1H. The maximum absolute atomic E-state index is 6.09. The molecule has 1 unspecified atom stereocenters. The van der Waals surface area contributed by atoms with Gasteiger partial charge < -0.3 is 15.0 Å². The molecule has 1 fully saturated rings. The first-order valence-electron chi connectivity index (χ1n) is 10.2. The maximum atomic E-state index is 6.09. The minimum absolute atomic E-state index is 0. The second-order valence-corrected chi connectivity index (χ2v) is 7.56. The van der Waals surface area contributed by atoms with Crippen LogP contribution >= 0.6 is 24.0 Å². The number of aryl methyl sites for hydroxylation is 2. The van der Waals surface area contributed by atoms with E-state index < -0.39 is 0 Å². The maximum Gasteiger partial charge on any atom is 0.194 e. The molecule has 0 aliphatic carbocycles. The van der Waals surface area contributed by atoms with Crippen LogP contribution in [0, 0.1) is 13.8 Å². The molecule has 2 aromatic heterocycles. The summed E-state index contributed by atoms with van der Waals surface area (Å²) in [5.74, 6) is 1.73. The Hall–Kier alpha value is -2.46. The number of hydrogen-bond acceptors (Lipinski definition) is 4. The number of nitrogens with one attached hydrogen (secondary N) is 1. The van der Waals surface area contributed by atoms with Gasteiger partial charge in [0.2, 0.25) is 0 Å². The van der Waals surface area contributed by atoms with Crippen molar-refractivity contribution in [1.82, 2.24) is 24.8 Å². The highest BCUT2D eigenvalue weighted by Gasteiger charge is 2.25. The summed E-state index contributed by atoms with van der Waals surface area (Å²) < 4.78 is 7.99. The van der Waals surface area contributed by atoms with Crippen LogP contribution in [0.3, 0.4) is 0 Å². The van der Waals surface area contributed by atoms with Crippen molar-refractivity contribution in [1.29, 1.82) is 0 Å². The van der Waals surface area contributed by atoms with E-state index >= 15 is 0 Å². The van der Waals surface area contributed by atoms with Gasteiger partial charge in [0.15, 0.2) is 5.96 Å². The summed E-state index contributed by atoms with van der Waals surface area (Å²) in [5.41, 5.74) is 4.93. The molecule has 0 amide bonds. The monoisotopic (exact) mass is 532 g/mol. The summed E-state index contributed by atoms with van der Waals surface area (Å²) in [6.07, 6.45) is 7.25. The summed E-state index contributed by atoms with van der Waals surface area (Å²) in [4.78, 5) is 15.3. The van der Waals surface area contributed by atoms with Crippen molar-refractivity contribution in [2.45, 2.75) is 26.5 Å². The van der Waals surface area contributed by atoms with E-state index in [9.17, 15) is 0 Å². The molecule has 0 saturated carbocycles. The van der Waals surface area contributed by atoms with E-state index in [1.165, 1.54) is 16.7 Å². The highest BCUT2D eigenvalue weighted by atomic mass is 127. The number of ether oxygens (including phenoxy) is 1. The van der Waals surface area contributed by atoms with E-state index in [1.807, 2.05) is 30.1 Å². The number of aromatic nitrogens is 3. The number of pyridine rings is 1. The first kappa shape index (κ1) is 23.2. The van der Waals surface area contributed by atoms with Crippen molar-refractivity contribution in [2.24, 2.45) is 4.99 Å². The second-order valence-electron chi connectivity index (χ2n) is 7.56. The second kappa shape index (κ2) is 10.7. The Bertz CT molecular complexity index is 1020. The van der Waals surface area contributed by atoms with Gasteiger partial charge in [-0.25, -0.2) is 9.97 Å². The zero-order valence-electron chi connectivity index (χ0n) is 18.2. The zero-order valence-corrected chi connectivity index (χ0v) is 20.5. The molecule has 1 aromatic carbocycles. The molecule has 3 heterocycles. The summed E-state index contributed by atoms with van der Waals surface area (Å²) in [5, 5.41) is 3.49. The van der Waals surface area contributed by atoms with Crippen LogP contribution in [0.25, 0.3) is 5.82 Å². The molecule has 1 aliphatic rings. The van der Waals surface area contributed by atoms with Gasteiger partial charge >= 0.3 is 0 Å². The predicted molar refractivity (Wildman–Crippen MR) is 133 cm³/mol. The van der Waals surface area contributed by atoms with E-state index in [0.717, 1.165) is 30.4 Å². The summed E-state index contributed by atoms with van der Waals surface area (Å²) in [7, 11) is 1.83. The van der Waals surface area contributed by atoms with Crippen molar-refractivity contribution in [3.63, 3.8) is 0 Å². The lowest BCUT2D eigenvalue weighted by molar-refractivity contribution is -0.00834. The van der Waals surface area contributed by atoms with E-state index in [1.54, 1.807) is 12.5 Å². The van der Waals surface area contributed by atoms with Gasteiger partial charge in [-0.15, -0.1) is 24.0 Å². The Morgan fingerprint density at radius 1 is 1.23 bits per heavy atom. The SMILES string of the molecule is CN=C(NCc1ccnc(-n2ccnc2)c1)N1CCOC(c2ccc(C)cc2C)C1.I. The van der Waals surface area contributed by atoms with Gasteiger partial charge in [-0.05, 0) is 42.7 Å². The van der Waals surface area contributed by atoms with Gasteiger partial charge in [0.25, 0.3) is 0 Å². The fourth-order valence-corrected chi connectivity index (χ4v) is 3.84. The van der Waals surface area contributed by atoms with Crippen LogP contribution in [0.2, 0.25) is 0 Å². The molecule has 7 nitrogen and oxygen atoms in total. The number of morpholine rings is 1. The zero-order chi connectivity index (χ0) is 20.9. The Balaban J connectivity index is 0.00000272. The predicted octanol–water partition coefficient (Wildman–Crippen LogP) is 3.65. The molecule has 3 aromatic rings. The lowest BCUT2D eigenvalue weighted by Gasteiger charge is -2.36. The summed E-state index contributed by atoms with van der Waals surface area (Å²) in [6.45, 7) is 7.21. The molecule has 1 N–H and O–H groups in total. The summed E-state index contributed by atoms with van der Waals surface area (Å²) in [6, 6.07) is 10.6. The van der Waals surface area contributed by atoms with E-state index in [4.69, 9.17) is 4.74 Å². The Morgan fingerprint density at radius 3 is 2.84 bits per heavy atom. The van der Waals surface area contributed by atoms with Crippen molar-refractivity contribution in [3.05, 3.63) is 77.5 Å². The third-order valence-electron chi connectivity index (χ3n) is 5.38. The molecule has 0 spiro atoms. The number of rotatable bonds is 4. The average Bonchev–Trinajstić information content (AvgIpc) is 3.30. The lowest BCUT2D eigenvalue weighted by atomic mass is 10.00. The Kier molecular flexibility index (Phi) is 8.03. The molecular formula is C23H29IN6O. The minimum Gasteiger partial charge on any atom is -0.370 e. The highest BCUT2D eigenvalue weighted by molar-refractivity contribution is 14.0. The van der Waals surface area contributed by atoms with Crippen molar-refractivity contribution in [3.8, 4) is 5.82 Å². The lowest BCUT2D eigenvalue weighted by Crippen LogP contribution is -2.48. The molecule has 31 heavy (non-hydrogen) atoms. The highest BCUT2D eigenvalue weighted by Crippen LogP contribution is 2.26. The van der Waals surface area contributed by atoms with Crippen molar-refractivity contribution in [2.75, 3.05) is 26.7 Å². The van der Waals surface area contributed by atoms with Crippen molar-refractivity contribution >= 4 is 29.9 Å². The Morgan fingerprint density at radius 2 is 2.10 bits per heavy atom. The first-order chi connectivity index (χ1) is 14.6. The quantitative estimate of drug-likeness (QED) is 0.316. The molecular weight excluding hydrogens is 503 g/mol. The molecule has 1 aliphatic heterocycles. The number of aliphatic imine (C=N–C) groups is 1. The fraction of sp³-hybridized carbons (Fsp3) is 0.348. The van der Waals surface area contributed by atoms with Gasteiger partial charge in [0, 0.05) is 38.7 Å². The van der Waals surface area contributed by atoms with Crippen LogP contribution in [0.5, 0.6) is 0 Å². The third kappa shape index (κ3) is 5.62. The fourth-order valence-electron chi connectivity index (χ4n) is 3.84. The number of guanidine groups is 1. The van der Waals surface area contributed by atoms with Gasteiger partial charge in [0.1, 0.15) is 18.2 Å². The van der Waals surface area contributed by atoms with Crippen LogP contribution in [0.4, 0.5) is 0 Å². The van der Waals surface area contributed by atoms with E-state index in [0.29, 0.717) is 13.2 Å². The van der Waals surface area contributed by atoms with Crippen LogP contribution in [-0.2, 0) is 11.3 Å². The number of benzene rings is 1. The number of nitrogens with zero attached hydrogens (tertiary/aromatic N) is 5. The molecule has 164 valence electrons. The van der Waals surface area contributed by atoms with Gasteiger partial charge in [-0.2, -0.15) is 0 Å². The van der Waals surface area contributed by atoms with E-state index in [-0.39, 0.29) is 30.1 Å². The van der Waals surface area contributed by atoms with Gasteiger partial charge in [0.05, 0.1) is 13.2 Å². The van der Waals surface area contributed by atoms with E-state index in [2.05, 4.69) is 63.3 Å². The average molecular weight is 532 g/mol. The Labute approximate surface area is 200 Å². The number of halogens is 1. The molecule has 8 heteroatoms. The molecule has 0 radical (unpaired) electrons. The van der Waals surface area contributed by atoms with Gasteiger partial charge in [-0.3, -0.25) is 9.56 Å². The third-order valence-corrected chi connectivity index (χ3v) is 5.38. The number of imidazole rings is 1. The normalized spacial score (nSPS) is 16.7. The van der Waals surface area contributed by atoms with Crippen LogP contribution in [0.1, 0.15) is 28.4 Å². The van der Waals surface area contributed by atoms with Crippen LogP contribution in [0.15, 0.2) is 60.2 Å². The van der Waals surface area contributed by atoms with Gasteiger partial charge in [-0.1, -0.05) is 23.8 Å². The van der Waals surface area contributed by atoms with Crippen molar-refractivity contribution < 1.29 is 4.74 Å². The minimum atomic E-state index is 0. The molecule has 1 saturated heterocycles. The molecule has 4 rings (SSSR count). The van der Waals surface area contributed by atoms with Crippen LogP contribution < -0.4 is 5.32 Å². The summed E-state index contributed by atoms with van der Waals surface area (Å²) >= 11 is 0.